The average Bonchev–Trinajstić information content (AvgIpc) is 2.35. The standard InChI is InChI=1S/C12H19FN2O2S2/c1-3-18-8-9(2)15-19(16,17)12-6-11(13)5-4-10(12)7-14/h4-6,9,15H,3,7-8,14H2,1-2H3. The lowest BCUT2D eigenvalue weighted by molar-refractivity contribution is 0.566. The van der Waals surface area contributed by atoms with E-state index in [-0.39, 0.29) is 17.5 Å². The molecule has 1 aromatic rings. The van der Waals surface area contributed by atoms with Gasteiger partial charge in [0.05, 0.1) is 4.90 Å². The molecule has 0 aromatic heterocycles. The van der Waals surface area contributed by atoms with E-state index in [1.54, 1.807) is 18.7 Å². The lowest BCUT2D eigenvalue weighted by atomic mass is 10.2. The van der Waals surface area contributed by atoms with Gasteiger partial charge >= 0.3 is 0 Å². The van der Waals surface area contributed by atoms with Crippen LogP contribution >= 0.6 is 11.8 Å². The first-order chi connectivity index (χ1) is 8.90. The van der Waals surface area contributed by atoms with E-state index in [0.29, 0.717) is 11.3 Å². The van der Waals surface area contributed by atoms with Crippen molar-refractivity contribution in [1.29, 1.82) is 0 Å². The number of benzene rings is 1. The molecule has 0 saturated carbocycles. The van der Waals surface area contributed by atoms with Gasteiger partial charge in [-0.05, 0) is 30.4 Å². The molecule has 0 spiro atoms. The normalized spacial score (nSPS) is 13.5. The van der Waals surface area contributed by atoms with Crippen LogP contribution in [0.1, 0.15) is 19.4 Å². The molecule has 0 fully saturated rings. The maximum atomic E-state index is 13.2. The SMILES string of the molecule is CCSCC(C)NS(=O)(=O)c1cc(F)ccc1CN. The number of rotatable bonds is 7. The van der Waals surface area contributed by atoms with Gasteiger partial charge in [0.15, 0.2) is 0 Å². The van der Waals surface area contributed by atoms with Crippen molar-refractivity contribution in [2.75, 3.05) is 11.5 Å². The predicted molar refractivity (Wildman–Crippen MR) is 77.1 cm³/mol. The van der Waals surface area contributed by atoms with E-state index in [1.807, 2.05) is 6.92 Å². The summed E-state index contributed by atoms with van der Waals surface area (Å²) in [5.74, 6) is 0.997. The van der Waals surface area contributed by atoms with Crippen molar-refractivity contribution >= 4 is 21.8 Å². The quantitative estimate of drug-likeness (QED) is 0.804. The molecule has 3 N–H and O–H groups in total. The van der Waals surface area contributed by atoms with Gasteiger partial charge in [-0.1, -0.05) is 13.0 Å². The van der Waals surface area contributed by atoms with Gasteiger partial charge in [0.2, 0.25) is 10.0 Å². The summed E-state index contributed by atoms with van der Waals surface area (Å²) in [7, 11) is -3.74. The summed E-state index contributed by atoms with van der Waals surface area (Å²) in [6.07, 6.45) is 0. The first kappa shape index (κ1) is 16.4. The third kappa shape index (κ3) is 4.76. The summed E-state index contributed by atoms with van der Waals surface area (Å²) in [4.78, 5) is -0.0802. The van der Waals surface area contributed by atoms with Crippen molar-refractivity contribution in [1.82, 2.24) is 4.72 Å². The number of hydrogen-bond donors (Lipinski definition) is 2. The number of hydrogen-bond acceptors (Lipinski definition) is 4. The van der Waals surface area contributed by atoms with Crippen molar-refractivity contribution in [2.45, 2.75) is 31.3 Å². The number of nitrogens with one attached hydrogen (secondary N) is 1. The molecule has 4 nitrogen and oxygen atoms in total. The van der Waals surface area contributed by atoms with Crippen LogP contribution in [-0.2, 0) is 16.6 Å². The fourth-order valence-corrected chi connectivity index (χ4v) is 3.89. The maximum absolute atomic E-state index is 13.2. The van der Waals surface area contributed by atoms with Crippen molar-refractivity contribution in [2.24, 2.45) is 5.73 Å². The number of thioether (sulfide) groups is 1. The zero-order valence-corrected chi connectivity index (χ0v) is 12.7. The fraction of sp³-hybridized carbons (Fsp3) is 0.500. The predicted octanol–water partition coefficient (Wildman–Crippen LogP) is 1.70. The van der Waals surface area contributed by atoms with Crippen LogP contribution in [0.4, 0.5) is 4.39 Å². The highest BCUT2D eigenvalue weighted by molar-refractivity contribution is 7.99. The molecule has 0 aliphatic heterocycles. The summed E-state index contributed by atoms with van der Waals surface area (Å²) >= 11 is 1.64. The van der Waals surface area contributed by atoms with Gasteiger partial charge < -0.3 is 5.73 Å². The second kappa shape index (κ2) is 7.23. The van der Waals surface area contributed by atoms with Gasteiger partial charge in [0, 0.05) is 18.3 Å². The van der Waals surface area contributed by atoms with Crippen LogP contribution in [0.15, 0.2) is 23.1 Å². The zero-order chi connectivity index (χ0) is 14.5. The second-order valence-corrected chi connectivity index (χ2v) is 7.14. The van der Waals surface area contributed by atoms with Crippen LogP contribution in [0.3, 0.4) is 0 Å². The molecular weight excluding hydrogens is 287 g/mol. The zero-order valence-electron chi connectivity index (χ0n) is 11.0. The van der Waals surface area contributed by atoms with Gasteiger partial charge in [0.1, 0.15) is 5.82 Å². The third-order valence-corrected chi connectivity index (χ3v) is 5.28. The van der Waals surface area contributed by atoms with E-state index < -0.39 is 15.8 Å². The van der Waals surface area contributed by atoms with Crippen LogP contribution in [-0.4, -0.2) is 26.0 Å². The molecule has 1 unspecified atom stereocenters. The Morgan fingerprint density at radius 3 is 2.74 bits per heavy atom. The Labute approximate surface area is 118 Å². The summed E-state index contributed by atoms with van der Waals surface area (Å²) in [5.41, 5.74) is 5.90. The monoisotopic (exact) mass is 306 g/mol. The average molecular weight is 306 g/mol. The van der Waals surface area contributed by atoms with Crippen molar-refractivity contribution in [3.05, 3.63) is 29.6 Å². The summed E-state index contributed by atoms with van der Waals surface area (Å²) < 4.78 is 40.1. The van der Waals surface area contributed by atoms with Crippen molar-refractivity contribution in [3.63, 3.8) is 0 Å². The van der Waals surface area contributed by atoms with E-state index >= 15 is 0 Å². The number of nitrogens with two attached hydrogens (primary N) is 1. The molecule has 0 heterocycles. The molecule has 1 rings (SSSR count). The van der Waals surface area contributed by atoms with E-state index in [9.17, 15) is 12.8 Å². The van der Waals surface area contributed by atoms with E-state index in [2.05, 4.69) is 4.72 Å². The third-order valence-electron chi connectivity index (χ3n) is 2.47. The largest absolute Gasteiger partial charge is 0.326 e. The van der Waals surface area contributed by atoms with E-state index in [1.165, 1.54) is 12.1 Å². The molecule has 19 heavy (non-hydrogen) atoms. The van der Waals surface area contributed by atoms with Gasteiger partial charge in [-0.2, -0.15) is 11.8 Å². The molecule has 7 heteroatoms. The van der Waals surface area contributed by atoms with Gasteiger partial charge in [-0.25, -0.2) is 17.5 Å². The molecule has 0 bridgehead atoms. The first-order valence-electron chi connectivity index (χ1n) is 5.99. The molecule has 1 atom stereocenters. The summed E-state index contributed by atoms with van der Waals surface area (Å²) in [6.45, 7) is 3.83. The first-order valence-corrected chi connectivity index (χ1v) is 8.63. The maximum Gasteiger partial charge on any atom is 0.241 e. The Morgan fingerprint density at radius 1 is 1.47 bits per heavy atom. The Balaban J connectivity index is 2.96. The van der Waals surface area contributed by atoms with Gasteiger partial charge in [0.25, 0.3) is 0 Å². The Kier molecular flexibility index (Phi) is 6.25. The van der Waals surface area contributed by atoms with Crippen molar-refractivity contribution in [3.8, 4) is 0 Å². The topological polar surface area (TPSA) is 72.2 Å². The highest BCUT2D eigenvalue weighted by atomic mass is 32.2. The van der Waals surface area contributed by atoms with Crippen LogP contribution in [0.25, 0.3) is 0 Å². The van der Waals surface area contributed by atoms with Gasteiger partial charge in [-0.3, -0.25) is 0 Å². The highest BCUT2D eigenvalue weighted by Crippen LogP contribution is 2.17. The van der Waals surface area contributed by atoms with Crippen LogP contribution in [0.5, 0.6) is 0 Å². The number of sulfonamides is 1. The molecule has 0 amide bonds. The molecule has 1 aromatic carbocycles. The second-order valence-electron chi connectivity index (χ2n) is 4.14. The van der Waals surface area contributed by atoms with Crippen LogP contribution in [0, 0.1) is 5.82 Å². The summed E-state index contributed by atoms with van der Waals surface area (Å²) in [6, 6.07) is 3.39. The van der Waals surface area contributed by atoms with Crippen LogP contribution < -0.4 is 10.5 Å². The Bertz CT molecular complexity index is 520. The molecule has 0 aliphatic rings. The minimum absolute atomic E-state index is 0.0502. The smallest absolute Gasteiger partial charge is 0.241 e. The molecule has 0 saturated heterocycles. The van der Waals surface area contributed by atoms with E-state index in [4.69, 9.17) is 5.73 Å². The summed E-state index contributed by atoms with van der Waals surface area (Å²) in [5, 5.41) is 0. The molecule has 0 aliphatic carbocycles. The highest BCUT2D eigenvalue weighted by Gasteiger charge is 2.21. The Morgan fingerprint density at radius 2 is 2.16 bits per heavy atom. The molecular formula is C12H19FN2O2S2. The van der Waals surface area contributed by atoms with Crippen molar-refractivity contribution < 1.29 is 12.8 Å². The lowest BCUT2D eigenvalue weighted by Gasteiger charge is -2.15. The Hall–Kier alpha value is -0.630. The van der Waals surface area contributed by atoms with E-state index in [0.717, 1.165) is 11.8 Å². The van der Waals surface area contributed by atoms with Gasteiger partial charge in [-0.15, -0.1) is 0 Å². The fourth-order valence-electron chi connectivity index (χ4n) is 1.60. The number of halogens is 1. The van der Waals surface area contributed by atoms with Crippen LogP contribution in [0.2, 0.25) is 0 Å². The minimum atomic E-state index is -3.74. The molecule has 0 radical (unpaired) electrons. The minimum Gasteiger partial charge on any atom is -0.326 e. The lowest BCUT2D eigenvalue weighted by Crippen LogP contribution is -2.35. The molecule has 108 valence electrons.